The van der Waals surface area contributed by atoms with Crippen molar-refractivity contribution in [3.63, 3.8) is 0 Å². The van der Waals surface area contributed by atoms with Gasteiger partial charge in [-0.1, -0.05) is 23.7 Å². The molecule has 0 aliphatic rings. The van der Waals surface area contributed by atoms with Crippen LogP contribution in [-0.4, -0.2) is 17.0 Å². The van der Waals surface area contributed by atoms with E-state index in [9.17, 15) is 9.59 Å². The van der Waals surface area contributed by atoms with E-state index in [4.69, 9.17) is 22.4 Å². The number of amides is 1. The molecule has 0 radical (unpaired) electrons. The number of hydrogen-bond donors (Lipinski definition) is 3. The minimum absolute atomic E-state index is 0.0188. The molecule has 2 rings (SSSR count). The second-order valence-electron chi connectivity index (χ2n) is 4.50. The van der Waals surface area contributed by atoms with Crippen molar-refractivity contribution < 1.29 is 14.7 Å². The molecule has 0 fully saturated rings. The number of carboxylic acid groups (broad SMARTS) is 1. The van der Waals surface area contributed by atoms with Gasteiger partial charge >= 0.3 is 5.97 Å². The second kappa shape index (κ2) is 6.28. The van der Waals surface area contributed by atoms with E-state index in [0.717, 1.165) is 5.56 Å². The summed E-state index contributed by atoms with van der Waals surface area (Å²) in [6.45, 7) is 0. The largest absolute Gasteiger partial charge is 0.478 e. The molecule has 21 heavy (non-hydrogen) atoms. The third kappa shape index (κ3) is 4.22. The van der Waals surface area contributed by atoms with Gasteiger partial charge in [0.2, 0.25) is 5.91 Å². The van der Waals surface area contributed by atoms with Crippen LogP contribution in [0.5, 0.6) is 0 Å². The Bertz CT molecular complexity index is 684. The normalized spacial score (nSPS) is 10.1. The summed E-state index contributed by atoms with van der Waals surface area (Å²) in [5, 5.41) is 11.8. The maximum absolute atomic E-state index is 11.9. The first-order chi connectivity index (χ1) is 9.94. The topological polar surface area (TPSA) is 92.4 Å². The standard InChI is InChI=1S/C15H13ClN2O3/c16-11-6-10(15(20)21)7-13(8-11)18-14(19)5-9-1-3-12(17)4-2-9/h1-4,6-8H,5,17H2,(H,18,19)(H,20,21). The number of carbonyl (C=O) groups is 2. The molecule has 0 atom stereocenters. The van der Waals surface area contributed by atoms with Crippen molar-refractivity contribution >= 4 is 34.9 Å². The van der Waals surface area contributed by atoms with E-state index in [2.05, 4.69) is 5.32 Å². The van der Waals surface area contributed by atoms with Gasteiger partial charge in [0.1, 0.15) is 0 Å². The number of rotatable bonds is 4. The van der Waals surface area contributed by atoms with Crippen LogP contribution in [0.4, 0.5) is 11.4 Å². The number of carbonyl (C=O) groups excluding carboxylic acids is 1. The minimum atomic E-state index is -1.11. The number of nitrogens with one attached hydrogen (secondary N) is 1. The predicted octanol–water partition coefficient (Wildman–Crippen LogP) is 2.80. The fourth-order valence-corrected chi connectivity index (χ4v) is 2.05. The number of anilines is 2. The summed E-state index contributed by atoms with van der Waals surface area (Å²) in [7, 11) is 0. The zero-order valence-corrected chi connectivity index (χ0v) is 11.7. The third-order valence-corrected chi connectivity index (χ3v) is 2.99. The summed E-state index contributed by atoms with van der Waals surface area (Å²) in [6.07, 6.45) is 0.162. The summed E-state index contributed by atoms with van der Waals surface area (Å²) in [5.41, 5.74) is 7.37. The number of nitrogens with two attached hydrogens (primary N) is 1. The molecule has 2 aromatic rings. The second-order valence-corrected chi connectivity index (χ2v) is 4.94. The smallest absolute Gasteiger partial charge is 0.335 e. The molecule has 0 saturated carbocycles. The van der Waals surface area contributed by atoms with E-state index in [-0.39, 0.29) is 22.9 Å². The first kappa shape index (κ1) is 14.9. The van der Waals surface area contributed by atoms with Gasteiger partial charge in [-0.15, -0.1) is 0 Å². The number of aromatic carboxylic acids is 1. The molecule has 0 bridgehead atoms. The Morgan fingerprint density at radius 1 is 1.14 bits per heavy atom. The lowest BCUT2D eigenvalue weighted by molar-refractivity contribution is -0.115. The lowest BCUT2D eigenvalue weighted by Gasteiger charge is -2.07. The van der Waals surface area contributed by atoms with Crippen LogP contribution in [0.25, 0.3) is 0 Å². The Morgan fingerprint density at radius 3 is 2.43 bits per heavy atom. The Hall–Kier alpha value is -2.53. The molecular weight excluding hydrogens is 292 g/mol. The molecule has 108 valence electrons. The summed E-state index contributed by atoms with van der Waals surface area (Å²) >= 11 is 5.83. The minimum Gasteiger partial charge on any atom is -0.478 e. The van der Waals surface area contributed by atoms with Crippen molar-refractivity contribution in [2.75, 3.05) is 11.1 Å². The molecule has 2 aromatic carbocycles. The van der Waals surface area contributed by atoms with Gasteiger partial charge in [-0.25, -0.2) is 4.79 Å². The van der Waals surface area contributed by atoms with E-state index in [1.807, 2.05) is 0 Å². The molecule has 4 N–H and O–H groups in total. The van der Waals surface area contributed by atoms with Gasteiger partial charge in [-0.3, -0.25) is 4.79 Å². The van der Waals surface area contributed by atoms with Crippen LogP contribution in [0.1, 0.15) is 15.9 Å². The van der Waals surface area contributed by atoms with Gasteiger partial charge in [-0.2, -0.15) is 0 Å². The van der Waals surface area contributed by atoms with Crippen LogP contribution in [0.2, 0.25) is 5.02 Å². The van der Waals surface area contributed by atoms with Crippen LogP contribution in [-0.2, 0) is 11.2 Å². The molecule has 0 unspecified atom stereocenters. The molecule has 0 spiro atoms. The number of nitrogen functional groups attached to an aromatic ring is 1. The van der Waals surface area contributed by atoms with Gasteiger partial charge in [-0.05, 0) is 35.9 Å². The average molecular weight is 305 g/mol. The van der Waals surface area contributed by atoms with Crippen LogP contribution >= 0.6 is 11.6 Å². The maximum atomic E-state index is 11.9. The van der Waals surface area contributed by atoms with Crippen molar-refractivity contribution in [2.45, 2.75) is 6.42 Å². The number of carboxylic acids is 1. The third-order valence-electron chi connectivity index (χ3n) is 2.77. The molecule has 0 saturated heterocycles. The summed E-state index contributed by atoms with van der Waals surface area (Å²) < 4.78 is 0. The lowest BCUT2D eigenvalue weighted by Crippen LogP contribution is -2.14. The van der Waals surface area contributed by atoms with Gasteiger partial charge < -0.3 is 16.2 Å². The molecule has 6 heteroatoms. The van der Waals surface area contributed by atoms with Crippen LogP contribution in [0.3, 0.4) is 0 Å². The Morgan fingerprint density at radius 2 is 1.81 bits per heavy atom. The van der Waals surface area contributed by atoms with Crippen LogP contribution < -0.4 is 11.1 Å². The van der Waals surface area contributed by atoms with E-state index in [1.54, 1.807) is 24.3 Å². The van der Waals surface area contributed by atoms with Crippen LogP contribution in [0.15, 0.2) is 42.5 Å². The fraction of sp³-hybridized carbons (Fsp3) is 0.0667. The van der Waals surface area contributed by atoms with E-state index < -0.39 is 5.97 Å². The van der Waals surface area contributed by atoms with E-state index >= 15 is 0 Å². The highest BCUT2D eigenvalue weighted by Crippen LogP contribution is 2.19. The quantitative estimate of drug-likeness (QED) is 0.757. The van der Waals surface area contributed by atoms with Crippen molar-refractivity contribution in [2.24, 2.45) is 0 Å². The van der Waals surface area contributed by atoms with Crippen molar-refractivity contribution in [3.8, 4) is 0 Å². The highest BCUT2D eigenvalue weighted by Gasteiger charge is 2.09. The monoisotopic (exact) mass is 304 g/mol. The Labute approximate surface area is 126 Å². The number of benzene rings is 2. The molecule has 5 nitrogen and oxygen atoms in total. The lowest BCUT2D eigenvalue weighted by atomic mass is 10.1. The van der Waals surface area contributed by atoms with Crippen molar-refractivity contribution in [3.05, 3.63) is 58.6 Å². The summed E-state index contributed by atoms with van der Waals surface area (Å²) in [6, 6.07) is 11.1. The predicted molar refractivity (Wildman–Crippen MR) is 81.6 cm³/mol. The fourth-order valence-electron chi connectivity index (χ4n) is 1.81. The highest BCUT2D eigenvalue weighted by molar-refractivity contribution is 6.31. The van der Waals surface area contributed by atoms with Gasteiger partial charge in [0.25, 0.3) is 0 Å². The molecule has 0 aromatic heterocycles. The van der Waals surface area contributed by atoms with Crippen molar-refractivity contribution in [1.29, 1.82) is 0 Å². The van der Waals surface area contributed by atoms with Gasteiger partial charge in [0.05, 0.1) is 12.0 Å². The Kier molecular flexibility index (Phi) is 4.45. The SMILES string of the molecule is Nc1ccc(CC(=O)Nc2cc(Cl)cc(C(=O)O)c2)cc1. The van der Waals surface area contributed by atoms with E-state index in [1.165, 1.54) is 18.2 Å². The molecule has 1 amide bonds. The first-order valence-corrected chi connectivity index (χ1v) is 6.50. The average Bonchev–Trinajstić information content (AvgIpc) is 2.40. The molecule has 0 heterocycles. The zero-order valence-electron chi connectivity index (χ0n) is 11.0. The zero-order chi connectivity index (χ0) is 15.4. The molecule has 0 aliphatic heterocycles. The van der Waals surface area contributed by atoms with E-state index in [0.29, 0.717) is 11.4 Å². The van der Waals surface area contributed by atoms with Gasteiger partial charge in [0, 0.05) is 16.4 Å². The van der Waals surface area contributed by atoms with Gasteiger partial charge in [0.15, 0.2) is 0 Å². The number of hydrogen-bond acceptors (Lipinski definition) is 3. The highest BCUT2D eigenvalue weighted by atomic mass is 35.5. The summed E-state index contributed by atoms with van der Waals surface area (Å²) in [4.78, 5) is 22.9. The molecular formula is C15H13ClN2O3. The molecule has 0 aliphatic carbocycles. The Balaban J connectivity index is 2.09. The summed E-state index contributed by atoms with van der Waals surface area (Å²) in [5.74, 6) is -1.37. The van der Waals surface area contributed by atoms with Crippen LogP contribution in [0, 0.1) is 0 Å². The maximum Gasteiger partial charge on any atom is 0.335 e. The number of halogens is 1. The van der Waals surface area contributed by atoms with Crippen molar-refractivity contribution in [1.82, 2.24) is 0 Å². The first-order valence-electron chi connectivity index (χ1n) is 6.12.